The highest BCUT2D eigenvalue weighted by Crippen LogP contribution is 2.23. The molecule has 3 nitrogen and oxygen atoms in total. The topological polar surface area (TPSA) is 20.2 Å². The summed E-state index contributed by atoms with van der Waals surface area (Å²) in [4.78, 5) is 2.64. The number of nitrogens with zero attached hydrogens (tertiary/aromatic N) is 2. The van der Waals surface area contributed by atoms with Crippen LogP contribution < -0.4 is 5.32 Å². The lowest BCUT2D eigenvalue weighted by atomic mass is 10.2. The summed E-state index contributed by atoms with van der Waals surface area (Å²) in [7, 11) is 0. The zero-order valence-electron chi connectivity index (χ0n) is 19.2. The maximum atomic E-state index is 6.19. The number of hydrogen-bond acceptors (Lipinski definition) is 2. The number of para-hydroxylation sites is 1. The van der Waals surface area contributed by atoms with E-state index in [1.807, 2.05) is 12.1 Å². The van der Waals surface area contributed by atoms with Gasteiger partial charge in [0.25, 0.3) is 0 Å². The Kier molecular flexibility index (Phi) is 9.92. The lowest BCUT2D eigenvalue weighted by Gasteiger charge is -2.21. The van der Waals surface area contributed by atoms with Crippen LogP contribution in [-0.4, -0.2) is 35.6 Å². The third-order valence-electron chi connectivity index (χ3n) is 5.91. The van der Waals surface area contributed by atoms with Crippen LogP contribution in [0.4, 0.5) is 0 Å². The molecule has 0 spiro atoms. The number of rotatable bonds is 14. The van der Waals surface area contributed by atoms with Crippen molar-refractivity contribution >= 4 is 22.5 Å². The highest BCUT2D eigenvalue weighted by Gasteiger charge is 2.09. The number of hydrogen-bond donors (Lipinski definition) is 1. The molecule has 0 radical (unpaired) electrons. The van der Waals surface area contributed by atoms with Gasteiger partial charge in [-0.05, 0) is 74.8 Å². The van der Waals surface area contributed by atoms with Crippen LogP contribution in [0, 0.1) is 0 Å². The van der Waals surface area contributed by atoms with Crippen LogP contribution in [0.15, 0.2) is 54.7 Å². The lowest BCUT2D eigenvalue weighted by molar-refractivity contribution is 0.261. The number of benzene rings is 2. The first kappa shape index (κ1) is 23.8. The van der Waals surface area contributed by atoms with Crippen LogP contribution in [0.25, 0.3) is 10.9 Å². The molecule has 0 amide bonds. The van der Waals surface area contributed by atoms with Gasteiger partial charge in [-0.3, -0.25) is 0 Å². The van der Waals surface area contributed by atoms with E-state index in [9.17, 15) is 0 Å². The van der Waals surface area contributed by atoms with E-state index in [0.29, 0.717) is 0 Å². The SMILES string of the molecule is CCCCN(CCCC)CCCNCc1cn(Cc2cccc(Cl)c2)c2ccccc12. The fraction of sp³-hybridized carbons (Fsp3) is 0.481. The van der Waals surface area contributed by atoms with Crippen molar-refractivity contribution in [1.82, 2.24) is 14.8 Å². The molecule has 4 heteroatoms. The third-order valence-corrected chi connectivity index (χ3v) is 6.15. The second-order valence-corrected chi connectivity index (χ2v) is 8.94. The molecule has 0 aliphatic carbocycles. The minimum atomic E-state index is 0.794. The van der Waals surface area contributed by atoms with Crippen LogP contribution in [0.2, 0.25) is 5.02 Å². The fourth-order valence-electron chi connectivity index (χ4n) is 4.18. The summed E-state index contributed by atoms with van der Waals surface area (Å²) in [6, 6.07) is 16.8. The molecule has 0 aliphatic heterocycles. The van der Waals surface area contributed by atoms with Crippen LogP contribution in [0.1, 0.15) is 57.1 Å². The van der Waals surface area contributed by atoms with Gasteiger partial charge in [-0.15, -0.1) is 0 Å². The first-order valence-electron chi connectivity index (χ1n) is 12.0. The summed E-state index contributed by atoms with van der Waals surface area (Å²) in [5.74, 6) is 0. The summed E-state index contributed by atoms with van der Waals surface area (Å²) >= 11 is 6.19. The van der Waals surface area contributed by atoms with Gasteiger partial charge in [-0.1, -0.05) is 68.6 Å². The number of nitrogens with one attached hydrogen (secondary N) is 1. The Morgan fingerprint density at radius 2 is 1.65 bits per heavy atom. The molecule has 1 aromatic heterocycles. The van der Waals surface area contributed by atoms with E-state index in [1.54, 1.807) is 0 Å². The summed E-state index contributed by atoms with van der Waals surface area (Å²) < 4.78 is 2.34. The maximum Gasteiger partial charge on any atom is 0.0486 e. The third kappa shape index (κ3) is 7.38. The molecule has 3 aromatic rings. The van der Waals surface area contributed by atoms with Gasteiger partial charge in [0, 0.05) is 35.2 Å². The average Bonchev–Trinajstić information content (AvgIpc) is 3.12. The molecule has 0 saturated heterocycles. The van der Waals surface area contributed by atoms with E-state index in [1.165, 1.54) is 73.8 Å². The van der Waals surface area contributed by atoms with Gasteiger partial charge >= 0.3 is 0 Å². The number of unbranched alkanes of at least 4 members (excludes halogenated alkanes) is 2. The van der Waals surface area contributed by atoms with Gasteiger partial charge in [-0.2, -0.15) is 0 Å². The number of halogens is 1. The van der Waals surface area contributed by atoms with Crippen molar-refractivity contribution in [3.63, 3.8) is 0 Å². The van der Waals surface area contributed by atoms with Crippen molar-refractivity contribution in [2.45, 2.75) is 59.0 Å². The van der Waals surface area contributed by atoms with Crippen molar-refractivity contribution < 1.29 is 0 Å². The molecule has 0 aliphatic rings. The minimum Gasteiger partial charge on any atom is -0.343 e. The van der Waals surface area contributed by atoms with Crippen LogP contribution >= 0.6 is 11.6 Å². The fourth-order valence-corrected chi connectivity index (χ4v) is 4.39. The van der Waals surface area contributed by atoms with Crippen molar-refractivity contribution in [2.75, 3.05) is 26.2 Å². The van der Waals surface area contributed by atoms with Gasteiger partial charge < -0.3 is 14.8 Å². The first-order valence-corrected chi connectivity index (χ1v) is 12.3. The van der Waals surface area contributed by atoms with Crippen molar-refractivity contribution in [1.29, 1.82) is 0 Å². The normalized spacial score (nSPS) is 11.6. The molecule has 168 valence electrons. The van der Waals surface area contributed by atoms with Crippen molar-refractivity contribution in [3.05, 3.63) is 70.9 Å². The standard InChI is InChI=1S/C27H38ClN3/c1-3-5-16-30(17-6-4-2)18-10-15-29-20-24-22-31(27-14-8-7-13-26(24)27)21-23-11-9-12-25(28)19-23/h7-9,11-14,19,22,29H,3-6,10,15-18,20-21H2,1-2H3. The van der Waals surface area contributed by atoms with Crippen LogP contribution in [-0.2, 0) is 13.1 Å². The predicted octanol–water partition coefficient (Wildman–Crippen LogP) is 6.72. The lowest BCUT2D eigenvalue weighted by Crippen LogP contribution is -2.29. The Balaban J connectivity index is 1.55. The molecule has 0 saturated carbocycles. The Labute approximate surface area is 193 Å². The van der Waals surface area contributed by atoms with Crippen LogP contribution in [0.3, 0.4) is 0 Å². The van der Waals surface area contributed by atoms with Crippen LogP contribution in [0.5, 0.6) is 0 Å². The summed E-state index contributed by atoms with van der Waals surface area (Å²) in [5, 5.41) is 5.82. The molecule has 0 atom stereocenters. The molecular weight excluding hydrogens is 402 g/mol. The molecule has 0 bridgehead atoms. The van der Waals surface area contributed by atoms with E-state index >= 15 is 0 Å². The molecular formula is C27H38ClN3. The molecule has 31 heavy (non-hydrogen) atoms. The van der Waals surface area contributed by atoms with Gasteiger partial charge in [0.05, 0.1) is 0 Å². The van der Waals surface area contributed by atoms with Crippen molar-refractivity contribution in [2.24, 2.45) is 0 Å². The molecule has 3 rings (SSSR count). The van der Waals surface area contributed by atoms with E-state index in [2.05, 4.69) is 71.2 Å². The summed E-state index contributed by atoms with van der Waals surface area (Å²) in [6.45, 7) is 11.1. The van der Waals surface area contributed by atoms with E-state index in [0.717, 1.165) is 24.7 Å². The highest BCUT2D eigenvalue weighted by atomic mass is 35.5. The zero-order chi connectivity index (χ0) is 21.9. The Morgan fingerprint density at radius 1 is 0.903 bits per heavy atom. The molecule has 0 unspecified atom stereocenters. The van der Waals surface area contributed by atoms with Gasteiger partial charge in [0.2, 0.25) is 0 Å². The smallest absolute Gasteiger partial charge is 0.0486 e. The van der Waals surface area contributed by atoms with E-state index in [4.69, 9.17) is 11.6 Å². The molecule has 1 heterocycles. The van der Waals surface area contributed by atoms with Gasteiger partial charge in [0.15, 0.2) is 0 Å². The number of aromatic nitrogens is 1. The molecule has 0 fully saturated rings. The monoisotopic (exact) mass is 439 g/mol. The highest BCUT2D eigenvalue weighted by molar-refractivity contribution is 6.30. The second kappa shape index (κ2) is 12.9. The molecule has 2 aromatic carbocycles. The van der Waals surface area contributed by atoms with E-state index < -0.39 is 0 Å². The first-order chi connectivity index (χ1) is 15.2. The maximum absolute atomic E-state index is 6.19. The molecule has 1 N–H and O–H groups in total. The largest absolute Gasteiger partial charge is 0.343 e. The average molecular weight is 440 g/mol. The quantitative estimate of drug-likeness (QED) is 0.281. The van der Waals surface area contributed by atoms with Gasteiger partial charge in [-0.25, -0.2) is 0 Å². The number of fused-ring (bicyclic) bond motifs is 1. The second-order valence-electron chi connectivity index (χ2n) is 8.51. The summed E-state index contributed by atoms with van der Waals surface area (Å²) in [6.07, 6.45) is 8.68. The van der Waals surface area contributed by atoms with Crippen molar-refractivity contribution in [3.8, 4) is 0 Å². The van der Waals surface area contributed by atoms with E-state index in [-0.39, 0.29) is 0 Å². The Morgan fingerprint density at radius 3 is 2.39 bits per heavy atom. The Bertz CT molecular complexity index is 910. The van der Waals surface area contributed by atoms with Gasteiger partial charge in [0.1, 0.15) is 0 Å². The minimum absolute atomic E-state index is 0.794. The predicted molar refractivity (Wildman–Crippen MR) is 135 cm³/mol. The Hall–Kier alpha value is -1.81. The summed E-state index contributed by atoms with van der Waals surface area (Å²) in [5.41, 5.74) is 3.88. The zero-order valence-corrected chi connectivity index (χ0v) is 20.0.